The Kier molecular flexibility index (Phi) is 5.83. The number of nitrogens with zero attached hydrogens (tertiary/aromatic N) is 2. The first kappa shape index (κ1) is 20.5. The lowest BCUT2D eigenvalue weighted by Gasteiger charge is -2.24. The highest BCUT2D eigenvalue weighted by atomic mass is 35.5. The summed E-state index contributed by atoms with van der Waals surface area (Å²) in [4.78, 5) is 18.5. The first-order valence-electron chi connectivity index (χ1n) is 9.54. The number of aliphatic hydroxyl groups excluding tert-OH is 1. The van der Waals surface area contributed by atoms with Crippen LogP contribution in [0.5, 0.6) is 0 Å². The number of carbonyl (C=O) groups excluding carboxylic acids is 1. The van der Waals surface area contributed by atoms with Crippen LogP contribution in [0.25, 0.3) is 11.3 Å². The molecule has 30 heavy (non-hydrogen) atoms. The van der Waals surface area contributed by atoms with Crippen LogP contribution in [0.3, 0.4) is 0 Å². The lowest BCUT2D eigenvalue weighted by molar-refractivity contribution is -0.132. The largest absolute Gasteiger partial charge is 0.441 e. The zero-order valence-electron chi connectivity index (χ0n) is 15.9. The van der Waals surface area contributed by atoms with Crippen LogP contribution in [-0.2, 0) is 11.2 Å². The molecule has 2 aromatic carbocycles. The summed E-state index contributed by atoms with van der Waals surface area (Å²) < 4.78 is 32.6. The van der Waals surface area contributed by atoms with Gasteiger partial charge in [-0.15, -0.1) is 0 Å². The molecule has 1 saturated heterocycles. The molecule has 156 valence electrons. The average Bonchev–Trinajstić information content (AvgIpc) is 3.36. The minimum Gasteiger partial charge on any atom is -0.441 e. The van der Waals surface area contributed by atoms with Crippen LogP contribution in [0, 0.1) is 11.6 Å². The second-order valence-electron chi connectivity index (χ2n) is 7.25. The van der Waals surface area contributed by atoms with Gasteiger partial charge < -0.3 is 14.4 Å². The van der Waals surface area contributed by atoms with Crippen molar-refractivity contribution in [1.29, 1.82) is 0 Å². The molecule has 8 heteroatoms. The molecule has 1 fully saturated rings. The molecule has 1 aromatic heterocycles. The number of oxazole rings is 1. The highest BCUT2D eigenvalue weighted by molar-refractivity contribution is 6.30. The summed E-state index contributed by atoms with van der Waals surface area (Å²) in [7, 11) is 0. The van der Waals surface area contributed by atoms with Crippen molar-refractivity contribution in [1.82, 2.24) is 9.88 Å². The van der Waals surface area contributed by atoms with Crippen LogP contribution in [0.2, 0.25) is 5.02 Å². The molecule has 1 aliphatic heterocycles. The predicted molar refractivity (Wildman–Crippen MR) is 107 cm³/mol. The van der Waals surface area contributed by atoms with E-state index < -0.39 is 23.8 Å². The highest BCUT2D eigenvalue weighted by Crippen LogP contribution is 2.33. The number of β-amino-alcohol motifs (C(OH)–C–C–N with tert-alkyl or cyclic N) is 1. The van der Waals surface area contributed by atoms with Gasteiger partial charge in [-0.05, 0) is 48.4 Å². The molecule has 0 aliphatic carbocycles. The summed E-state index contributed by atoms with van der Waals surface area (Å²) in [6.07, 6.45) is 1.55. The quantitative estimate of drug-likeness (QED) is 0.642. The van der Waals surface area contributed by atoms with E-state index in [9.17, 15) is 18.7 Å². The molecule has 3 aromatic rings. The van der Waals surface area contributed by atoms with E-state index in [4.69, 9.17) is 16.0 Å². The third-order valence-corrected chi connectivity index (χ3v) is 5.41. The third-order valence-electron chi connectivity index (χ3n) is 5.16. The number of rotatable bonds is 5. The maximum atomic E-state index is 13.6. The van der Waals surface area contributed by atoms with E-state index >= 15 is 0 Å². The Labute approximate surface area is 176 Å². The number of aromatic nitrogens is 1. The van der Waals surface area contributed by atoms with Gasteiger partial charge in [0.25, 0.3) is 0 Å². The van der Waals surface area contributed by atoms with E-state index in [0.717, 1.165) is 17.7 Å². The standard InChI is InChI=1S/C22H19ClF2N2O3/c23-15-4-1-13(2-5-15)20-11-26-21(30-20)7-8-22(29)27-12-16(28)10-19(27)14-3-6-17(24)18(25)9-14/h1-6,9,11,16,19,28H,7-8,10,12H2. The number of hydrogen-bond donors (Lipinski definition) is 1. The molecule has 1 N–H and O–H groups in total. The van der Waals surface area contributed by atoms with Crippen molar-refractivity contribution in [2.45, 2.75) is 31.4 Å². The SMILES string of the molecule is O=C(CCc1ncc(-c2ccc(Cl)cc2)o1)N1CC(O)CC1c1ccc(F)c(F)c1. The van der Waals surface area contributed by atoms with Gasteiger partial charge in [0.05, 0.1) is 18.3 Å². The maximum absolute atomic E-state index is 13.6. The summed E-state index contributed by atoms with van der Waals surface area (Å²) in [5.74, 6) is -1.15. The number of amides is 1. The number of carbonyl (C=O) groups is 1. The van der Waals surface area contributed by atoms with Crippen LogP contribution in [0.15, 0.2) is 53.1 Å². The number of aliphatic hydroxyl groups is 1. The van der Waals surface area contributed by atoms with Crippen LogP contribution in [-0.4, -0.2) is 33.5 Å². The maximum Gasteiger partial charge on any atom is 0.223 e. The van der Waals surface area contributed by atoms with Crippen LogP contribution in [0.1, 0.15) is 30.3 Å². The third kappa shape index (κ3) is 4.37. The van der Waals surface area contributed by atoms with Gasteiger partial charge in [-0.25, -0.2) is 13.8 Å². The van der Waals surface area contributed by atoms with E-state index in [1.807, 2.05) is 12.1 Å². The fourth-order valence-electron chi connectivity index (χ4n) is 3.66. The van der Waals surface area contributed by atoms with Crippen molar-refractivity contribution in [3.63, 3.8) is 0 Å². The van der Waals surface area contributed by atoms with Gasteiger partial charge >= 0.3 is 0 Å². The Hall–Kier alpha value is -2.77. The topological polar surface area (TPSA) is 66.6 Å². The van der Waals surface area contributed by atoms with Crippen molar-refractivity contribution >= 4 is 17.5 Å². The zero-order valence-corrected chi connectivity index (χ0v) is 16.6. The van der Waals surface area contributed by atoms with Crippen LogP contribution in [0.4, 0.5) is 8.78 Å². The fraction of sp³-hybridized carbons (Fsp3) is 0.273. The number of likely N-dealkylation sites (tertiary alicyclic amines) is 1. The first-order chi connectivity index (χ1) is 14.4. The van der Waals surface area contributed by atoms with Gasteiger partial charge in [0.1, 0.15) is 0 Å². The second kappa shape index (κ2) is 8.53. The summed E-state index contributed by atoms with van der Waals surface area (Å²) in [5, 5.41) is 10.7. The molecule has 0 saturated carbocycles. The molecular weight excluding hydrogens is 414 g/mol. The van der Waals surface area contributed by atoms with E-state index in [1.54, 1.807) is 18.3 Å². The smallest absolute Gasteiger partial charge is 0.223 e. The van der Waals surface area contributed by atoms with E-state index in [-0.39, 0.29) is 31.7 Å². The van der Waals surface area contributed by atoms with Crippen molar-refractivity contribution in [2.75, 3.05) is 6.54 Å². The lowest BCUT2D eigenvalue weighted by atomic mass is 10.0. The predicted octanol–water partition coefficient (Wildman–Crippen LogP) is 4.54. The van der Waals surface area contributed by atoms with Gasteiger partial charge in [0, 0.05) is 30.0 Å². The highest BCUT2D eigenvalue weighted by Gasteiger charge is 2.35. The molecule has 1 aliphatic rings. The molecule has 4 rings (SSSR count). The molecule has 2 atom stereocenters. The first-order valence-corrected chi connectivity index (χ1v) is 9.91. The fourth-order valence-corrected chi connectivity index (χ4v) is 3.78. The molecule has 0 spiro atoms. The Morgan fingerprint density at radius 1 is 1.20 bits per heavy atom. The van der Waals surface area contributed by atoms with Crippen molar-refractivity contribution in [2.24, 2.45) is 0 Å². The molecule has 0 radical (unpaired) electrons. The lowest BCUT2D eigenvalue weighted by Crippen LogP contribution is -2.32. The Bertz CT molecular complexity index is 1050. The van der Waals surface area contributed by atoms with Gasteiger partial charge in [-0.3, -0.25) is 4.79 Å². The molecule has 0 bridgehead atoms. The summed E-state index contributed by atoms with van der Waals surface area (Å²) >= 11 is 5.89. The van der Waals surface area contributed by atoms with Gasteiger partial charge in [-0.2, -0.15) is 0 Å². The van der Waals surface area contributed by atoms with Crippen LogP contribution >= 0.6 is 11.6 Å². The Balaban J connectivity index is 1.42. The number of hydrogen-bond acceptors (Lipinski definition) is 4. The zero-order chi connectivity index (χ0) is 21.3. The van der Waals surface area contributed by atoms with Crippen molar-refractivity contribution < 1.29 is 23.1 Å². The van der Waals surface area contributed by atoms with Crippen molar-refractivity contribution in [3.05, 3.63) is 76.8 Å². The summed E-state index contributed by atoms with van der Waals surface area (Å²) in [6.45, 7) is 0.143. The van der Waals surface area contributed by atoms with E-state index in [0.29, 0.717) is 22.2 Å². The molecule has 1 amide bonds. The van der Waals surface area contributed by atoms with E-state index in [2.05, 4.69) is 4.98 Å². The summed E-state index contributed by atoms with van der Waals surface area (Å²) in [5.41, 5.74) is 1.28. The molecule has 2 unspecified atom stereocenters. The average molecular weight is 433 g/mol. The monoisotopic (exact) mass is 432 g/mol. The number of benzene rings is 2. The molecule has 5 nitrogen and oxygen atoms in total. The normalized spacial score (nSPS) is 18.7. The number of aryl methyl sites for hydroxylation is 1. The Morgan fingerprint density at radius 3 is 2.70 bits per heavy atom. The van der Waals surface area contributed by atoms with Gasteiger partial charge in [0.2, 0.25) is 5.91 Å². The molecular formula is C22H19ClF2N2O3. The second-order valence-corrected chi connectivity index (χ2v) is 7.69. The van der Waals surface area contributed by atoms with Gasteiger partial charge in [0.15, 0.2) is 23.3 Å². The number of halogens is 3. The van der Waals surface area contributed by atoms with Crippen LogP contribution < -0.4 is 0 Å². The minimum absolute atomic E-state index is 0.119. The van der Waals surface area contributed by atoms with Crippen molar-refractivity contribution in [3.8, 4) is 11.3 Å². The van der Waals surface area contributed by atoms with Gasteiger partial charge in [-0.1, -0.05) is 17.7 Å². The Morgan fingerprint density at radius 2 is 1.97 bits per heavy atom. The molecule has 2 heterocycles. The summed E-state index contributed by atoms with van der Waals surface area (Å²) in [6, 6.07) is 10.2. The minimum atomic E-state index is -0.976. The van der Waals surface area contributed by atoms with E-state index in [1.165, 1.54) is 11.0 Å².